The average Bonchev–Trinajstić information content (AvgIpc) is 3.13. The first-order chi connectivity index (χ1) is 15.6. The fourth-order valence-corrected chi connectivity index (χ4v) is 5.68. The van der Waals surface area contributed by atoms with Crippen LogP contribution in [0.2, 0.25) is 5.02 Å². The molecule has 0 bridgehead atoms. The van der Waals surface area contributed by atoms with E-state index in [0.717, 1.165) is 11.1 Å². The zero-order valence-electron chi connectivity index (χ0n) is 17.8. The third-order valence-electron chi connectivity index (χ3n) is 5.18. The highest BCUT2D eigenvalue weighted by atomic mass is 35.5. The van der Waals surface area contributed by atoms with Crippen molar-refractivity contribution in [3.8, 4) is 0 Å². The van der Waals surface area contributed by atoms with Crippen LogP contribution in [-0.2, 0) is 9.84 Å². The molecule has 1 aromatic heterocycles. The van der Waals surface area contributed by atoms with Crippen molar-refractivity contribution in [3.05, 3.63) is 82.5 Å². The Labute approximate surface area is 196 Å². The number of carbonyl (C=O) groups is 1. The largest absolute Gasteiger partial charge is 0.488 e. The number of H-pyrrole nitrogens is 1. The van der Waals surface area contributed by atoms with E-state index in [2.05, 4.69) is 10.3 Å². The van der Waals surface area contributed by atoms with Crippen molar-refractivity contribution in [2.45, 2.75) is 23.6 Å². The number of halogens is 1. The normalized spacial score (nSPS) is 11.5. The lowest BCUT2D eigenvalue weighted by Crippen LogP contribution is -2.29. The Kier molecular flexibility index (Phi) is 6.07. The summed E-state index contributed by atoms with van der Waals surface area (Å²) in [6.45, 7) is 3.61. The lowest BCUT2D eigenvalue weighted by atomic mass is 9.80. The van der Waals surface area contributed by atoms with Gasteiger partial charge in [0.05, 0.1) is 4.90 Å². The summed E-state index contributed by atoms with van der Waals surface area (Å²) in [6, 6.07) is 15.6. The predicted molar refractivity (Wildman–Crippen MR) is 129 cm³/mol. The van der Waals surface area contributed by atoms with Gasteiger partial charge >= 0.3 is 7.12 Å². The van der Waals surface area contributed by atoms with E-state index in [-0.39, 0.29) is 20.9 Å². The molecule has 3 aromatic carbocycles. The van der Waals surface area contributed by atoms with Crippen molar-refractivity contribution in [2.24, 2.45) is 0 Å². The van der Waals surface area contributed by atoms with E-state index in [0.29, 0.717) is 21.6 Å². The van der Waals surface area contributed by atoms with Gasteiger partial charge in [0.2, 0.25) is 9.84 Å². The number of hydrogen-bond acceptors (Lipinski definition) is 5. The molecule has 1 amide bonds. The lowest BCUT2D eigenvalue weighted by molar-refractivity contribution is 0.102. The highest BCUT2D eigenvalue weighted by Gasteiger charge is 2.30. The first-order valence-electron chi connectivity index (χ1n) is 9.98. The lowest BCUT2D eigenvalue weighted by Gasteiger charge is -2.10. The summed E-state index contributed by atoms with van der Waals surface area (Å²) < 4.78 is 27.4. The van der Waals surface area contributed by atoms with Gasteiger partial charge in [0.25, 0.3) is 5.91 Å². The Bertz CT molecular complexity index is 1460. The van der Waals surface area contributed by atoms with Crippen LogP contribution in [0, 0.1) is 13.8 Å². The maximum atomic E-state index is 13.7. The van der Waals surface area contributed by atoms with Gasteiger partial charge in [-0.15, -0.1) is 0 Å². The van der Waals surface area contributed by atoms with Crippen LogP contribution in [0.3, 0.4) is 0 Å². The minimum Gasteiger partial charge on any atom is -0.423 e. The van der Waals surface area contributed by atoms with Gasteiger partial charge < -0.3 is 20.3 Å². The number of sulfone groups is 1. The summed E-state index contributed by atoms with van der Waals surface area (Å²) in [4.78, 5) is 16.0. The average molecular weight is 483 g/mol. The van der Waals surface area contributed by atoms with Gasteiger partial charge in [-0.05, 0) is 72.9 Å². The summed E-state index contributed by atoms with van der Waals surface area (Å²) in [5.41, 5.74) is 2.50. The minimum absolute atomic E-state index is 0.0798. The Hall–Kier alpha value is -3.11. The molecule has 0 aliphatic heterocycles. The van der Waals surface area contributed by atoms with Gasteiger partial charge in [-0.1, -0.05) is 29.8 Å². The van der Waals surface area contributed by atoms with Crippen LogP contribution in [-0.4, -0.2) is 36.5 Å². The molecule has 4 aromatic rings. The third-order valence-corrected chi connectivity index (χ3v) is 7.23. The van der Waals surface area contributed by atoms with Gasteiger partial charge in [-0.2, -0.15) is 0 Å². The second-order valence-corrected chi connectivity index (χ2v) is 10.1. The zero-order chi connectivity index (χ0) is 23.9. The van der Waals surface area contributed by atoms with E-state index < -0.39 is 22.9 Å². The molecule has 0 spiro atoms. The van der Waals surface area contributed by atoms with Crippen LogP contribution in [0.4, 0.5) is 5.69 Å². The summed E-state index contributed by atoms with van der Waals surface area (Å²) in [6.07, 6.45) is 0. The van der Waals surface area contributed by atoms with Crippen LogP contribution < -0.4 is 10.8 Å². The molecule has 0 aliphatic carbocycles. The highest BCUT2D eigenvalue weighted by molar-refractivity contribution is 7.91. The Morgan fingerprint density at radius 1 is 0.970 bits per heavy atom. The molecule has 33 heavy (non-hydrogen) atoms. The molecule has 168 valence electrons. The standard InChI is InChI=1S/C23H20BClN2O5S/c1-13-9-14(2)11-18(10-13)33(31,32)22-19-12-16(25)5-8-20(19)27-21(22)23(28)26-17-6-3-15(4-7-17)24(29)30/h3-12,27,29-30H,1-2H3,(H,26,28). The molecule has 4 rings (SSSR count). The number of aromatic amines is 1. The highest BCUT2D eigenvalue weighted by Crippen LogP contribution is 2.34. The van der Waals surface area contributed by atoms with Gasteiger partial charge in [-0.3, -0.25) is 4.79 Å². The van der Waals surface area contributed by atoms with Crippen molar-refractivity contribution in [3.63, 3.8) is 0 Å². The van der Waals surface area contributed by atoms with E-state index in [4.69, 9.17) is 11.6 Å². The molecule has 0 saturated heterocycles. The van der Waals surface area contributed by atoms with Gasteiger partial charge in [0.15, 0.2) is 0 Å². The van der Waals surface area contributed by atoms with E-state index in [1.54, 1.807) is 38.1 Å². The Morgan fingerprint density at radius 3 is 2.21 bits per heavy atom. The van der Waals surface area contributed by atoms with Gasteiger partial charge in [0, 0.05) is 21.6 Å². The first-order valence-corrected chi connectivity index (χ1v) is 11.8. The quantitative estimate of drug-likeness (QED) is 0.326. The van der Waals surface area contributed by atoms with Gasteiger partial charge in [0.1, 0.15) is 10.6 Å². The fourth-order valence-electron chi connectivity index (χ4n) is 3.72. The van der Waals surface area contributed by atoms with E-state index in [9.17, 15) is 23.3 Å². The van der Waals surface area contributed by atoms with Crippen molar-refractivity contribution in [1.29, 1.82) is 0 Å². The van der Waals surface area contributed by atoms with Gasteiger partial charge in [-0.25, -0.2) is 8.42 Å². The number of aryl methyl sites for hydroxylation is 2. The number of amides is 1. The molecule has 0 radical (unpaired) electrons. The van der Waals surface area contributed by atoms with Crippen molar-refractivity contribution in [2.75, 3.05) is 5.32 Å². The first kappa shape index (κ1) is 23.1. The van der Waals surface area contributed by atoms with Crippen LogP contribution >= 0.6 is 11.6 Å². The summed E-state index contributed by atoms with van der Waals surface area (Å²) >= 11 is 6.15. The topological polar surface area (TPSA) is 119 Å². The molecule has 0 unspecified atom stereocenters. The number of carbonyl (C=O) groups excluding carboxylic acids is 1. The van der Waals surface area contributed by atoms with E-state index in [1.807, 2.05) is 6.07 Å². The molecule has 7 nitrogen and oxygen atoms in total. The van der Waals surface area contributed by atoms with E-state index in [1.165, 1.54) is 30.3 Å². The Morgan fingerprint density at radius 2 is 1.61 bits per heavy atom. The molecule has 10 heteroatoms. The van der Waals surface area contributed by atoms with Crippen LogP contribution in [0.1, 0.15) is 21.6 Å². The number of benzene rings is 3. The maximum Gasteiger partial charge on any atom is 0.488 e. The fraction of sp³-hybridized carbons (Fsp3) is 0.0870. The summed E-state index contributed by atoms with van der Waals surface area (Å²) in [5.74, 6) is -0.664. The molecule has 4 N–H and O–H groups in total. The number of hydrogen-bond donors (Lipinski definition) is 4. The molecule has 0 atom stereocenters. The predicted octanol–water partition coefficient (Wildman–Crippen LogP) is 3.20. The molecule has 0 aliphatic rings. The van der Waals surface area contributed by atoms with Crippen molar-refractivity contribution >= 4 is 56.5 Å². The number of fused-ring (bicyclic) bond motifs is 1. The maximum absolute atomic E-state index is 13.7. The number of rotatable bonds is 5. The molecular weight excluding hydrogens is 463 g/mol. The van der Waals surface area contributed by atoms with Crippen molar-refractivity contribution < 1.29 is 23.3 Å². The SMILES string of the molecule is Cc1cc(C)cc(S(=O)(=O)c2c(C(=O)Nc3ccc(B(O)O)cc3)[nH]c3ccc(Cl)cc23)c1. The number of aromatic nitrogens is 1. The van der Waals surface area contributed by atoms with Crippen LogP contribution in [0.15, 0.2) is 70.5 Å². The molecule has 0 saturated carbocycles. The molecule has 0 fully saturated rings. The van der Waals surface area contributed by atoms with Crippen molar-refractivity contribution in [1.82, 2.24) is 4.98 Å². The molecular formula is C23H20BClN2O5S. The Balaban J connectivity index is 1.85. The number of nitrogens with one attached hydrogen (secondary N) is 2. The smallest absolute Gasteiger partial charge is 0.423 e. The molecule has 1 heterocycles. The second-order valence-electron chi connectivity index (χ2n) is 7.80. The van der Waals surface area contributed by atoms with Crippen LogP contribution in [0.5, 0.6) is 0 Å². The second kappa shape index (κ2) is 8.68. The monoisotopic (exact) mass is 482 g/mol. The zero-order valence-corrected chi connectivity index (χ0v) is 19.3. The van der Waals surface area contributed by atoms with Crippen LogP contribution in [0.25, 0.3) is 10.9 Å². The summed E-state index contributed by atoms with van der Waals surface area (Å²) in [7, 11) is -5.72. The summed E-state index contributed by atoms with van der Waals surface area (Å²) in [5, 5.41) is 21.8. The minimum atomic E-state index is -4.09. The third kappa shape index (κ3) is 4.53. The van der Waals surface area contributed by atoms with E-state index >= 15 is 0 Å². The number of anilines is 1.